The molecule has 0 radical (unpaired) electrons. The second-order valence-electron chi connectivity index (χ2n) is 1.05. The molecule has 0 aromatic heterocycles. The smallest absolute Gasteiger partial charge is 0.159 e. The zero-order valence-corrected chi connectivity index (χ0v) is 4.53. The normalized spacial score (nSPS) is 7.43. The van der Waals surface area contributed by atoms with Crippen LogP contribution < -0.4 is 0 Å². The highest BCUT2D eigenvalue weighted by molar-refractivity contribution is 6.27. The summed E-state index contributed by atoms with van der Waals surface area (Å²) >= 11 is 5.09. The lowest BCUT2D eigenvalue weighted by Gasteiger charge is -1.79. The summed E-state index contributed by atoms with van der Waals surface area (Å²) in [6, 6.07) is 0. The third-order valence-electron chi connectivity index (χ3n) is 0.448. The highest BCUT2D eigenvalue weighted by Gasteiger charge is 1.91. The fourth-order valence-corrected chi connectivity index (χ4v) is 0.256. The van der Waals surface area contributed by atoms with Crippen molar-refractivity contribution < 1.29 is 4.79 Å². The van der Waals surface area contributed by atoms with Crippen LogP contribution in [0.5, 0.6) is 0 Å². The van der Waals surface area contributed by atoms with Crippen LogP contribution in [0.1, 0.15) is 6.42 Å². The quantitative estimate of drug-likeness (QED) is 0.386. The number of rotatable bonds is 2. The zero-order chi connectivity index (χ0) is 5.70. The number of carbonyl (C=O) groups excluding carboxylic acids is 1. The van der Waals surface area contributed by atoms with Crippen molar-refractivity contribution in [1.82, 2.24) is 0 Å². The van der Waals surface area contributed by atoms with Crippen LogP contribution in [0.3, 0.4) is 0 Å². The standard InChI is InChI=1S/C5H5ClO/c1-2-3-5(7)4-6/h1H,3-4H2. The molecule has 0 aliphatic heterocycles. The number of carbonyl (C=O) groups is 1. The summed E-state index contributed by atoms with van der Waals surface area (Å²) < 4.78 is 0. The average molecular weight is 117 g/mol. The molecule has 0 spiro atoms. The zero-order valence-electron chi connectivity index (χ0n) is 3.78. The first-order valence-electron chi connectivity index (χ1n) is 1.82. The van der Waals surface area contributed by atoms with Gasteiger partial charge >= 0.3 is 0 Å². The number of terminal acetylenes is 1. The summed E-state index contributed by atoms with van der Waals surface area (Å²) in [6.07, 6.45) is 4.93. The number of hydrogen-bond acceptors (Lipinski definition) is 1. The summed E-state index contributed by atoms with van der Waals surface area (Å²) in [4.78, 5) is 10.1. The lowest BCUT2D eigenvalue weighted by molar-refractivity contribution is -0.115. The number of Topliss-reactive ketones (excluding diaryl/α,β-unsaturated/α-hetero) is 1. The maximum atomic E-state index is 10.1. The van der Waals surface area contributed by atoms with Crippen molar-refractivity contribution in [2.75, 3.05) is 5.88 Å². The van der Waals surface area contributed by atoms with Gasteiger partial charge < -0.3 is 0 Å². The molecule has 0 aliphatic rings. The van der Waals surface area contributed by atoms with E-state index in [-0.39, 0.29) is 18.1 Å². The van der Waals surface area contributed by atoms with Crippen molar-refractivity contribution >= 4 is 17.4 Å². The van der Waals surface area contributed by atoms with E-state index in [0.29, 0.717) is 0 Å². The summed E-state index contributed by atoms with van der Waals surface area (Å²) in [6.45, 7) is 0. The molecule has 0 aromatic rings. The van der Waals surface area contributed by atoms with Gasteiger partial charge in [-0.3, -0.25) is 4.79 Å². The van der Waals surface area contributed by atoms with E-state index in [9.17, 15) is 4.79 Å². The predicted molar refractivity (Wildman–Crippen MR) is 29.2 cm³/mol. The summed E-state index contributed by atoms with van der Waals surface area (Å²) in [5.74, 6) is 2.12. The minimum atomic E-state index is -0.0934. The van der Waals surface area contributed by atoms with E-state index in [2.05, 4.69) is 5.92 Å². The minimum absolute atomic E-state index is 0.0319. The summed E-state index contributed by atoms with van der Waals surface area (Å²) in [5, 5.41) is 0. The maximum absolute atomic E-state index is 10.1. The Morgan fingerprint density at radius 1 is 1.86 bits per heavy atom. The lowest BCUT2D eigenvalue weighted by Crippen LogP contribution is -1.94. The van der Waals surface area contributed by atoms with E-state index in [1.165, 1.54) is 0 Å². The molecule has 0 atom stereocenters. The van der Waals surface area contributed by atoms with E-state index < -0.39 is 0 Å². The molecule has 0 amide bonds. The number of halogens is 1. The first-order chi connectivity index (χ1) is 3.31. The van der Waals surface area contributed by atoms with Crippen LogP contribution in [0.25, 0.3) is 0 Å². The van der Waals surface area contributed by atoms with E-state index in [0.717, 1.165) is 0 Å². The van der Waals surface area contributed by atoms with Gasteiger partial charge in [-0.2, -0.15) is 0 Å². The van der Waals surface area contributed by atoms with Gasteiger partial charge in [0.25, 0.3) is 0 Å². The van der Waals surface area contributed by atoms with Gasteiger partial charge in [-0.15, -0.1) is 18.0 Å². The Morgan fingerprint density at radius 2 is 2.43 bits per heavy atom. The Bertz CT molecular complexity index is 101. The average Bonchev–Trinajstić information content (AvgIpc) is 1.68. The molecule has 0 saturated heterocycles. The van der Waals surface area contributed by atoms with Gasteiger partial charge in [-0.1, -0.05) is 5.92 Å². The molecule has 0 heterocycles. The summed E-state index contributed by atoms with van der Waals surface area (Å²) in [5.41, 5.74) is 0. The van der Waals surface area contributed by atoms with Gasteiger partial charge in [0.05, 0.1) is 12.3 Å². The first-order valence-corrected chi connectivity index (χ1v) is 2.36. The third kappa shape index (κ3) is 3.35. The molecule has 0 aliphatic carbocycles. The molecule has 0 rings (SSSR count). The predicted octanol–water partition coefficient (Wildman–Crippen LogP) is 0.818. The Morgan fingerprint density at radius 3 is 2.57 bits per heavy atom. The number of alkyl halides is 1. The Labute approximate surface area is 47.7 Å². The van der Waals surface area contributed by atoms with Crippen molar-refractivity contribution in [3.8, 4) is 12.3 Å². The summed E-state index contributed by atoms with van der Waals surface area (Å²) in [7, 11) is 0. The molecule has 2 heteroatoms. The molecular weight excluding hydrogens is 112 g/mol. The van der Waals surface area contributed by atoms with Gasteiger partial charge in [0.15, 0.2) is 5.78 Å². The van der Waals surface area contributed by atoms with Crippen molar-refractivity contribution in [3.63, 3.8) is 0 Å². The highest BCUT2D eigenvalue weighted by Crippen LogP contribution is 1.82. The van der Waals surface area contributed by atoms with Crippen LogP contribution in [0.2, 0.25) is 0 Å². The Hall–Kier alpha value is -0.480. The van der Waals surface area contributed by atoms with Crippen LogP contribution in [0.4, 0.5) is 0 Å². The molecule has 0 bridgehead atoms. The molecule has 0 fully saturated rings. The SMILES string of the molecule is C#CCC(=O)CCl. The second kappa shape index (κ2) is 3.70. The molecule has 0 saturated carbocycles. The van der Waals surface area contributed by atoms with Crippen LogP contribution in [-0.2, 0) is 4.79 Å². The fraction of sp³-hybridized carbons (Fsp3) is 0.400. The van der Waals surface area contributed by atoms with Gasteiger partial charge in [0.1, 0.15) is 0 Å². The molecule has 0 unspecified atom stereocenters. The van der Waals surface area contributed by atoms with Crippen molar-refractivity contribution in [1.29, 1.82) is 0 Å². The monoisotopic (exact) mass is 116 g/mol. The highest BCUT2D eigenvalue weighted by atomic mass is 35.5. The molecule has 1 nitrogen and oxygen atoms in total. The Balaban J connectivity index is 3.23. The van der Waals surface area contributed by atoms with Gasteiger partial charge in [-0.25, -0.2) is 0 Å². The van der Waals surface area contributed by atoms with Crippen LogP contribution in [-0.4, -0.2) is 11.7 Å². The molecule has 0 N–H and O–H groups in total. The van der Waals surface area contributed by atoms with Crippen molar-refractivity contribution in [2.45, 2.75) is 6.42 Å². The molecule has 38 valence electrons. The fourth-order valence-electron chi connectivity index (χ4n) is 0.161. The lowest BCUT2D eigenvalue weighted by atomic mass is 10.3. The van der Waals surface area contributed by atoms with Gasteiger partial charge in [0.2, 0.25) is 0 Å². The van der Waals surface area contributed by atoms with Crippen molar-refractivity contribution in [2.24, 2.45) is 0 Å². The van der Waals surface area contributed by atoms with E-state index in [1.54, 1.807) is 0 Å². The van der Waals surface area contributed by atoms with Gasteiger partial charge in [0, 0.05) is 0 Å². The molecule has 7 heavy (non-hydrogen) atoms. The first kappa shape index (κ1) is 6.52. The largest absolute Gasteiger partial charge is 0.297 e. The van der Waals surface area contributed by atoms with Crippen molar-refractivity contribution in [3.05, 3.63) is 0 Å². The maximum Gasteiger partial charge on any atom is 0.159 e. The van der Waals surface area contributed by atoms with Gasteiger partial charge in [-0.05, 0) is 0 Å². The van der Waals surface area contributed by atoms with E-state index >= 15 is 0 Å². The number of hydrogen-bond donors (Lipinski definition) is 0. The molecular formula is C5H5ClO. The third-order valence-corrected chi connectivity index (χ3v) is 0.746. The topological polar surface area (TPSA) is 17.1 Å². The van der Waals surface area contributed by atoms with E-state index in [4.69, 9.17) is 18.0 Å². The van der Waals surface area contributed by atoms with Crippen LogP contribution >= 0.6 is 11.6 Å². The molecule has 0 aromatic carbocycles. The minimum Gasteiger partial charge on any atom is -0.297 e. The van der Waals surface area contributed by atoms with Crippen LogP contribution in [0.15, 0.2) is 0 Å². The Kier molecular flexibility index (Phi) is 3.45. The van der Waals surface area contributed by atoms with Crippen LogP contribution in [0, 0.1) is 12.3 Å². The number of ketones is 1. The van der Waals surface area contributed by atoms with E-state index in [1.807, 2.05) is 0 Å². The second-order valence-corrected chi connectivity index (χ2v) is 1.32.